The van der Waals surface area contributed by atoms with E-state index in [-0.39, 0.29) is 29.6 Å². The number of carboxylic acid groups (broad SMARTS) is 1. The number of nitrogens with zero attached hydrogens (tertiary/aromatic N) is 6. The Hall–Kier alpha value is -4.10. The summed E-state index contributed by atoms with van der Waals surface area (Å²) in [6, 6.07) is 4.68. The summed E-state index contributed by atoms with van der Waals surface area (Å²) in [4.78, 5) is 49.8. The van der Waals surface area contributed by atoms with Crippen molar-refractivity contribution in [3.63, 3.8) is 0 Å². The quantitative estimate of drug-likeness (QED) is 0.541. The lowest BCUT2D eigenvalue weighted by Gasteiger charge is -2.33. The average Bonchev–Trinajstić information content (AvgIpc) is 3.13. The molecule has 0 bridgehead atoms. The molecule has 1 aromatic heterocycles. The molecule has 3 rings (SSSR count). The largest absolute Gasteiger partial charge is 0.480 e. The molecule has 38 heavy (non-hydrogen) atoms. The molecular weight excluding hydrogens is 509 g/mol. The number of amides is 2. The number of aliphatic carboxylic acids is 1. The normalized spacial score (nSPS) is 15.6. The molecular formula is C24H29F3N6O5. The number of ether oxygens (including phenoxy) is 1. The topological polar surface area (TPSA) is 119 Å². The van der Waals surface area contributed by atoms with Gasteiger partial charge in [-0.05, 0) is 38.5 Å². The molecule has 0 aliphatic carbocycles. The lowest BCUT2D eigenvalue weighted by Crippen LogP contribution is -2.54. The van der Waals surface area contributed by atoms with Gasteiger partial charge in [0.25, 0.3) is 0 Å². The molecule has 14 heteroatoms. The molecule has 11 nitrogen and oxygen atoms in total. The predicted octanol–water partition coefficient (Wildman–Crippen LogP) is 3.14. The highest BCUT2D eigenvalue weighted by Crippen LogP contribution is 2.42. The first-order valence-corrected chi connectivity index (χ1v) is 11.8. The number of alkyl halides is 3. The number of anilines is 3. The van der Waals surface area contributed by atoms with Crippen LogP contribution in [0.2, 0.25) is 0 Å². The lowest BCUT2D eigenvalue weighted by atomic mass is 10.0. The van der Waals surface area contributed by atoms with Crippen LogP contribution in [0.25, 0.3) is 0 Å². The second kappa shape index (κ2) is 11.1. The Morgan fingerprint density at radius 1 is 1.13 bits per heavy atom. The van der Waals surface area contributed by atoms with E-state index in [1.807, 2.05) is 13.8 Å². The molecule has 1 aliphatic rings. The highest BCUT2D eigenvalue weighted by atomic mass is 19.4. The number of rotatable bonds is 8. The van der Waals surface area contributed by atoms with Gasteiger partial charge in [0.2, 0.25) is 5.95 Å². The standard InChI is InChI=1S/C24H29F3N6O5/c1-6-31(7-2)22-28-13-18-19(29-22)32(14(3)33(18)21(36)24(25,26)27)17(20(34)35)12-15-8-10-16(11-9-15)38-23(37)30(4)5/h8-11,13-14,17H,6-7,12H2,1-5H3,(H,34,35)/t14?,17-/m0/s1. The number of benzene rings is 1. The summed E-state index contributed by atoms with van der Waals surface area (Å²) >= 11 is 0. The van der Waals surface area contributed by atoms with Gasteiger partial charge in [-0.1, -0.05) is 12.1 Å². The number of hydrogen-bond acceptors (Lipinski definition) is 8. The number of carbonyl (C=O) groups excluding carboxylic acids is 2. The van der Waals surface area contributed by atoms with Gasteiger partial charge in [0, 0.05) is 33.6 Å². The van der Waals surface area contributed by atoms with E-state index in [9.17, 15) is 32.7 Å². The molecule has 2 aromatic rings. The monoisotopic (exact) mass is 538 g/mol. The second-order valence-electron chi connectivity index (χ2n) is 8.73. The number of fused-ring (bicyclic) bond motifs is 1. The van der Waals surface area contributed by atoms with Gasteiger partial charge in [-0.3, -0.25) is 9.69 Å². The third kappa shape index (κ3) is 5.73. The smallest absolute Gasteiger partial charge is 0.471 e. The third-order valence-electron chi connectivity index (χ3n) is 6.07. The van der Waals surface area contributed by atoms with Crippen molar-refractivity contribution in [2.45, 2.75) is 45.6 Å². The molecule has 1 aromatic carbocycles. The number of aromatic nitrogens is 2. The summed E-state index contributed by atoms with van der Waals surface area (Å²) in [7, 11) is 3.04. The first-order valence-electron chi connectivity index (χ1n) is 11.8. The molecule has 1 N–H and O–H groups in total. The van der Waals surface area contributed by atoms with Crippen molar-refractivity contribution in [2.24, 2.45) is 0 Å². The maximum absolute atomic E-state index is 13.5. The van der Waals surface area contributed by atoms with Crippen LogP contribution in [-0.2, 0) is 16.0 Å². The number of carbonyl (C=O) groups is 3. The Morgan fingerprint density at radius 3 is 2.24 bits per heavy atom. The van der Waals surface area contributed by atoms with Crippen LogP contribution in [0.3, 0.4) is 0 Å². The summed E-state index contributed by atoms with van der Waals surface area (Å²) < 4.78 is 45.6. The molecule has 0 spiro atoms. The molecule has 0 saturated heterocycles. The van der Waals surface area contributed by atoms with Gasteiger partial charge in [-0.2, -0.15) is 18.2 Å². The summed E-state index contributed by atoms with van der Waals surface area (Å²) in [5.41, 5.74) is 0.280. The van der Waals surface area contributed by atoms with Crippen molar-refractivity contribution in [1.82, 2.24) is 14.9 Å². The van der Waals surface area contributed by atoms with Crippen LogP contribution in [0.4, 0.5) is 35.4 Å². The van der Waals surface area contributed by atoms with Gasteiger partial charge in [0.05, 0.1) is 6.20 Å². The number of halogens is 3. The van der Waals surface area contributed by atoms with Crippen molar-refractivity contribution in [3.8, 4) is 5.75 Å². The zero-order chi connectivity index (χ0) is 28.4. The van der Waals surface area contributed by atoms with E-state index in [1.165, 1.54) is 43.0 Å². The Bertz CT molecular complexity index is 1190. The maximum Gasteiger partial charge on any atom is 0.471 e. The van der Waals surface area contributed by atoms with Crippen molar-refractivity contribution in [2.75, 3.05) is 41.9 Å². The molecule has 206 valence electrons. The van der Waals surface area contributed by atoms with Crippen LogP contribution in [0.15, 0.2) is 30.5 Å². The Kier molecular flexibility index (Phi) is 8.32. The first kappa shape index (κ1) is 28.5. The van der Waals surface area contributed by atoms with Crippen LogP contribution >= 0.6 is 0 Å². The van der Waals surface area contributed by atoms with Crippen LogP contribution in [0, 0.1) is 0 Å². The SMILES string of the molecule is CCN(CC)c1ncc2c(n1)N([C@@H](Cc1ccc(OC(=O)N(C)C)cc1)C(=O)O)C(C)N2C(=O)C(F)(F)F. The van der Waals surface area contributed by atoms with E-state index in [2.05, 4.69) is 9.97 Å². The van der Waals surface area contributed by atoms with Crippen LogP contribution in [0.5, 0.6) is 5.75 Å². The van der Waals surface area contributed by atoms with Gasteiger partial charge in [0.15, 0.2) is 5.82 Å². The van der Waals surface area contributed by atoms with Crippen molar-refractivity contribution in [3.05, 3.63) is 36.0 Å². The Labute approximate surface area is 217 Å². The van der Waals surface area contributed by atoms with Crippen LogP contribution < -0.4 is 19.4 Å². The van der Waals surface area contributed by atoms with E-state index in [0.717, 1.165) is 6.20 Å². The van der Waals surface area contributed by atoms with Crippen molar-refractivity contribution < 1.29 is 37.4 Å². The van der Waals surface area contributed by atoms with Crippen LogP contribution in [-0.4, -0.2) is 83.5 Å². The zero-order valence-corrected chi connectivity index (χ0v) is 21.6. The third-order valence-corrected chi connectivity index (χ3v) is 6.07. The average molecular weight is 539 g/mol. The molecule has 2 heterocycles. The molecule has 0 saturated carbocycles. The van der Waals surface area contributed by atoms with Gasteiger partial charge in [-0.25, -0.2) is 14.6 Å². The Balaban J connectivity index is 2.02. The summed E-state index contributed by atoms with van der Waals surface area (Å²) in [6.45, 7) is 6.01. The van der Waals surface area contributed by atoms with Crippen LogP contribution in [0.1, 0.15) is 26.3 Å². The van der Waals surface area contributed by atoms with Gasteiger partial charge < -0.3 is 24.5 Å². The minimum absolute atomic E-state index is 0.0871. The predicted molar refractivity (Wildman–Crippen MR) is 132 cm³/mol. The van der Waals surface area contributed by atoms with E-state index in [4.69, 9.17) is 4.74 Å². The Morgan fingerprint density at radius 2 is 1.74 bits per heavy atom. The molecule has 2 amide bonds. The zero-order valence-electron chi connectivity index (χ0n) is 21.6. The molecule has 0 radical (unpaired) electrons. The molecule has 1 unspecified atom stereocenters. The minimum atomic E-state index is -5.20. The molecule has 0 fully saturated rings. The van der Waals surface area contributed by atoms with Crippen molar-refractivity contribution >= 4 is 35.4 Å². The van der Waals surface area contributed by atoms with Gasteiger partial charge >= 0.3 is 24.1 Å². The van der Waals surface area contributed by atoms with E-state index >= 15 is 0 Å². The van der Waals surface area contributed by atoms with Gasteiger partial charge in [-0.15, -0.1) is 0 Å². The first-order chi connectivity index (χ1) is 17.8. The number of carboxylic acids is 1. The van der Waals surface area contributed by atoms with Crippen molar-refractivity contribution in [1.29, 1.82) is 0 Å². The fourth-order valence-electron chi connectivity index (χ4n) is 4.12. The summed E-state index contributed by atoms with van der Waals surface area (Å²) in [5, 5.41) is 10.1. The molecule has 2 atom stereocenters. The number of hydrogen-bond donors (Lipinski definition) is 1. The fraction of sp³-hybridized carbons (Fsp3) is 0.458. The lowest BCUT2D eigenvalue weighted by molar-refractivity contribution is -0.170. The fourth-order valence-corrected chi connectivity index (χ4v) is 4.12. The second-order valence-corrected chi connectivity index (χ2v) is 8.73. The van der Waals surface area contributed by atoms with E-state index < -0.39 is 36.4 Å². The van der Waals surface area contributed by atoms with Gasteiger partial charge in [0.1, 0.15) is 23.6 Å². The summed E-state index contributed by atoms with van der Waals surface area (Å²) in [5.74, 6) is -3.13. The van der Waals surface area contributed by atoms with E-state index in [0.29, 0.717) is 23.6 Å². The molecule has 1 aliphatic heterocycles. The highest BCUT2D eigenvalue weighted by molar-refractivity contribution is 6.03. The summed E-state index contributed by atoms with van der Waals surface area (Å²) in [6.07, 6.45) is -6.14. The highest BCUT2D eigenvalue weighted by Gasteiger charge is 2.52. The maximum atomic E-state index is 13.5. The minimum Gasteiger partial charge on any atom is -0.480 e. The van der Waals surface area contributed by atoms with E-state index in [1.54, 1.807) is 17.0 Å².